The van der Waals surface area contributed by atoms with Crippen LogP contribution in [0.1, 0.15) is 41.0 Å². The molecule has 0 unspecified atom stereocenters. The molecule has 2 heterocycles. The normalized spacial score (nSPS) is 17.6. The van der Waals surface area contributed by atoms with Crippen molar-refractivity contribution in [1.82, 2.24) is 5.32 Å². The van der Waals surface area contributed by atoms with Gasteiger partial charge in [0, 0.05) is 12.8 Å². The predicted octanol–water partition coefficient (Wildman–Crippen LogP) is 2.56. The molecule has 1 aromatic carbocycles. The van der Waals surface area contributed by atoms with E-state index in [9.17, 15) is 13.6 Å². The Kier molecular flexibility index (Phi) is 5.26. The summed E-state index contributed by atoms with van der Waals surface area (Å²) in [6.07, 6.45) is 2.33. The van der Waals surface area contributed by atoms with Crippen LogP contribution < -0.4 is 10.2 Å². The summed E-state index contributed by atoms with van der Waals surface area (Å²) in [5, 5.41) is 4.83. The molecular formula is C18H21F2N2OS+. The van der Waals surface area contributed by atoms with Crippen LogP contribution in [0.5, 0.6) is 0 Å². The van der Waals surface area contributed by atoms with Crippen molar-refractivity contribution in [2.45, 2.75) is 31.8 Å². The Balaban J connectivity index is 1.80. The van der Waals surface area contributed by atoms with E-state index < -0.39 is 23.1 Å². The molecule has 1 amide bonds. The summed E-state index contributed by atoms with van der Waals surface area (Å²) in [6, 6.07) is 7.40. The molecule has 128 valence electrons. The average molecular weight is 351 g/mol. The lowest BCUT2D eigenvalue weighted by atomic mass is 10.1. The van der Waals surface area contributed by atoms with Crippen LogP contribution in [0.3, 0.4) is 0 Å². The van der Waals surface area contributed by atoms with Crippen molar-refractivity contribution < 1.29 is 18.5 Å². The monoisotopic (exact) mass is 351 g/mol. The highest BCUT2D eigenvalue weighted by molar-refractivity contribution is 7.10. The first kappa shape index (κ1) is 17.0. The van der Waals surface area contributed by atoms with Crippen molar-refractivity contribution >= 4 is 17.2 Å². The third-order valence-corrected chi connectivity index (χ3v) is 5.54. The van der Waals surface area contributed by atoms with Gasteiger partial charge in [-0.15, -0.1) is 11.3 Å². The quantitative estimate of drug-likeness (QED) is 0.853. The number of thiophene rings is 1. The van der Waals surface area contributed by atoms with E-state index in [0.29, 0.717) is 0 Å². The third-order valence-electron chi connectivity index (χ3n) is 4.58. The number of quaternary nitrogens is 1. The van der Waals surface area contributed by atoms with Gasteiger partial charge < -0.3 is 10.2 Å². The van der Waals surface area contributed by atoms with Crippen LogP contribution in [0, 0.1) is 11.6 Å². The van der Waals surface area contributed by atoms with Crippen LogP contribution in [-0.4, -0.2) is 25.0 Å². The molecule has 0 aliphatic carbocycles. The van der Waals surface area contributed by atoms with Gasteiger partial charge in [0.05, 0.1) is 24.0 Å². The molecule has 0 bridgehead atoms. The molecule has 24 heavy (non-hydrogen) atoms. The highest BCUT2D eigenvalue weighted by atomic mass is 32.1. The highest BCUT2D eigenvalue weighted by Crippen LogP contribution is 2.21. The lowest BCUT2D eigenvalue weighted by Gasteiger charge is -2.29. The van der Waals surface area contributed by atoms with E-state index in [0.717, 1.165) is 25.2 Å². The first-order valence-corrected chi connectivity index (χ1v) is 9.08. The van der Waals surface area contributed by atoms with Gasteiger partial charge in [0.1, 0.15) is 23.2 Å². The summed E-state index contributed by atoms with van der Waals surface area (Å²) in [5.41, 5.74) is -0.509. The van der Waals surface area contributed by atoms with Gasteiger partial charge in [0.25, 0.3) is 5.91 Å². The molecular weight excluding hydrogens is 330 g/mol. The van der Waals surface area contributed by atoms with Gasteiger partial charge in [0.15, 0.2) is 0 Å². The van der Waals surface area contributed by atoms with Crippen LogP contribution in [0.15, 0.2) is 35.7 Å². The van der Waals surface area contributed by atoms with Crippen LogP contribution in [0.25, 0.3) is 0 Å². The number of hydrogen-bond donors (Lipinski definition) is 2. The van der Waals surface area contributed by atoms with Gasteiger partial charge >= 0.3 is 0 Å². The Bertz CT molecular complexity index is 679. The zero-order valence-electron chi connectivity index (χ0n) is 13.5. The van der Waals surface area contributed by atoms with Crippen molar-refractivity contribution in [3.8, 4) is 0 Å². The lowest BCUT2D eigenvalue weighted by Crippen LogP contribution is -3.11. The van der Waals surface area contributed by atoms with Crippen molar-refractivity contribution in [3.63, 3.8) is 0 Å². The van der Waals surface area contributed by atoms with E-state index in [1.54, 1.807) is 11.3 Å². The zero-order chi connectivity index (χ0) is 17.1. The fourth-order valence-electron chi connectivity index (χ4n) is 3.49. The summed E-state index contributed by atoms with van der Waals surface area (Å²) >= 11 is 1.66. The topological polar surface area (TPSA) is 33.5 Å². The number of benzene rings is 1. The number of amides is 1. The average Bonchev–Trinajstić information content (AvgIpc) is 3.21. The van der Waals surface area contributed by atoms with Crippen LogP contribution in [-0.2, 0) is 0 Å². The van der Waals surface area contributed by atoms with Gasteiger partial charge in [-0.25, -0.2) is 8.78 Å². The fourth-order valence-corrected chi connectivity index (χ4v) is 4.48. The Morgan fingerprint density at radius 3 is 2.42 bits per heavy atom. The number of carbonyl (C=O) groups excluding carboxylic acids is 1. The van der Waals surface area contributed by atoms with Crippen molar-refractivity contribution in [1.29, 1.82) is 0 Å². The van der Waals surface area contributed by atoms with Crippen molar-refractivity contribution in [2.75, 3.05) is 13.1 Å². The summed E-state index contributed by atoms with van der Waals surface area (Å²) in [5.74, 6) is -2.36. The third kappa shape index (κ3) is 3.49. The highest BCUT2D eigenvalue weighted by Gasteiger charge is 2.34. The first-order chi connectivity index (χ1) is 11.6. The number of hydrogen-bond acceptors (Lipinski definition) is 2. The molecule has 2 aromatic rings. The Morgan fingerprint density at radius 1 is 1.17 bits per heavy atom. The second-order valence-electron chi connectivity index (χ2n) is 6.22. The van der Waals surface area contributed by atoms with Crippen molar-refractivity contribution in [3.05, 3.63) is 57.8 Å². The van der Waals surface area contributed by atoms with E-state index in [1.807, 2.05) is 18.4 Å². The van der Waals surface area contributed by atoms with Crippen molar-refractivity contribution in [2.24, 2.45) is 0 Å². The molecule has 3 nitrogen and oxygen atoms in total. The van der Waals surface area contributed by atoms with Gasteiger partial charge in [-0.2, -0.15) is 0 Å². The predicted molar refractivity (Wildman–Crippen MR) is 90.3 cm³/mol. The van der Waals surface area contributed by atoms with Crippen LogP contribution >= 0.6 is 11.3 Å². The summed E-state index contributed by atoms with van der Waals surface area (Å²) in [6.45, 7) is 4.01. The number of carbonyl (C=O) groups is 1. The van der Waals surface area contributed by atoms with Gasteiger partial charge in [-0.3, -0.25) is 4.79 Å². The molecule has 3 rings (SSSR count). The van der Waals surface area contributed by atoms with Gasteiger partial charge in [-0.1, -0.05) is 12.1 Å². The minimum Gasteiger partial charge on any atom is -0.343 e. The molecule has 2 N–H and O–H groups in total. The standard InChI is InChI=1S/C18H20F2N2OS/c1-12(21-18(23)16-13(19)6-4-7-14(16)20)17(15-8-5-11-24-15)22-9-2-3-10-22/h4-8,11-12,17H,2-3,9-10H2,1H3,(H,21,23)/p+1/t12-,17-/m1/s1. The SMILES string of the molecule is C[C@@H](NC(=O)c1c(F)cccc1F)[C@H](c1cccs1)[NH+]1CCCC1. The number of halogens is 2. The second kappa shape index (κ2) is 7.40. The largest absolute Gasteiger partial charge is 0.343 e. The molecule has 0 spiro atoms. The molecule has 1 aliphatic heterocycles. The maximum atomic E-state index is 13.8. The minimum absolute atomic E-state index is 0.103. The van der Waals surface area contributed by atoms with Crippen LogP contribution in [0.2, 0.25) is 0 Å². The molecule has 1 aromatic heterocycles. The van der Waals surface area contributed by atoms with E-state index in [2.05, 4.69) is 11.4 Å². The molecule has 6 heteroatoms. The number of nitrogens with one attached hydrogen (secondary N) is 2. The first-order valence-electron chi connectivity index (χ1n) is 8.21. The van der Waals surface area contributed by atoms with E-state index in [-0.39, 0.29) is 12.1 Å². The Morgan fingerprint density at radius 2 is 1.83 bits per heavy atom. The summed E-state index contributed by atoms with van der Waals surface area (Å²) in [4.78, 5) is 15.0. The molecule has 0 saturated carbocycles. The number of rotatable bonds is 5. The van der Waals surface area contributed by atoms with E-state index in [1.165, 1.54) is 28.7 Å². The van der Waals surface area contributed by atoms with Crippen LogP contribution in [0.4, 0.5) is 8.78 Å². The summed E-state index contributed by atoms with van der Waals surface area (Å²) < 4.78 is 27.6. The Labute approximate surface area is 144 Å². The van der Waals surface area contributed by atoms with Gasteiger partial charge in [-0.05, 0) is 30.5 Å². The lowest BCUT2D eigenvalue weighted by molar-refractivity contribution is -0.920. The molecule has 1 saturated heterocycles. The second-order valence-corrected chi connectivity index (χ2v) is 7.20. The number of likely N-dealkylation sites (tertiary alicyclic amines) is 1. The van der Waals surface area contributed by atoms with E-state index >= 15 is 0 Å². The molecule has 1 fully saturated rings. The summed E-state index contributed by atoms with van der Waals surface area (Å²) in [7, 11) is 0. The molecule has 1 aliphatic rings. The van der Waals surface area contributed by atoms with E-state index in [4.69, 9.17) is 0 Å². The maximum absolute atomic E-state index is 13.8. The Hall–Kier alpha value is -1.79. The zero-order valence-corrected chi connectivity index (χ0v) is 14.3. The maximum Gasteiger partial charge on any atom is 0.257 e. The molecule has 0 radical (unpaired) electrons. The molecule has 2 atom stereocenters. The fraction of sp³-hybridized carbons (Fsp3) is 0.389. The van der Waals surface area contributed by atoms with Gasteiger partial charge in [0.2, 0.25) is 0 Å². The minimum atomic E-state index is -0.833. The smallest absolute Gasteiger partial charge is 0.257 e.